The summed E-state index contributed by atoms with van der Waals surface area (Å²) in [5.74, 6) is -2.44. The van der Waals surface area contributed by atoms with Gasteiger partial charge in [-0.1, -0.05) is 27.2 Å². The third-order valence-electron chi connectivity index (χ3n) is 4.02. The van der Waals surface area contributed by atoms with Crippen molar-refractivity contribution in [3.63, 3.8) is 0 Å². The van der Waals surface area contributed by atoms with E-state index in [-0.39, 0.29) is 12.8 Å². The molecule has 2 saturated heterocycles. The number of nitrogens with zero attached hydrogens (tertiary/aromatic N) is 2. The second-order valence-electron chi connectivity index (χ2n) is 6.08. The maximum atomic E-state index is 13.0. The monoisotopic (exact) mass is 306 g/mol. The summed E-state index contributed by atoms with van der Waals surface area (Å²) >= 11 is 0. The van der Waals surface area contributed by atoms with Crippen molar-refractivity contribution in [1.29, 1.82) is 0 Å². The molecule has 0 aromatic heterocycles. The van der Waals surface area contributed by atoms with Gasteiger partial charge in [0, 0.05) is 45.6 Å². The van der Waals surface area contributed by atoms with Crippen LogP contribution in [0.3, 0.4) is 0 Å². The smallest absolute Gasteiger partial charge is 0.250 e. The van der Waals surface area contributed by atoms with Gasteiger partial charge in [0.15, 0.2) is 0 Å². The first-order chi connectivity index (χ1) is 10.0. The number of rotatable bonds is 5. The van der Waals surface area contributed by atoms with E-state index in [0.717, 1.165) is 32.6 Å². The minimum Gasteiger partial charge on any atom is -0.376 e. The molecule has 0 N–H and O–H groups in total. The van der Waals surface area contributed by atoms with Gasteiger partial charge in [-0.3, -0.25) is 0 Å². The van der Waals surface area contributed by atoms with Crippen LogP contribution in [0.1, 0.15) is 46.5 Å². The van der Waals surface area contributed by atoms with E-state index in [9.17, 15) is 8.78 Å². The molecule has 2 fully saturated rings. The van der Waals surface area contributed by atoms with Crippen LogP contribution in [0.4, 0.5) is 8.78 Å². The minimum absolute atomic E-state index is 0.0000407. The van der Waals surface area contributed by atoms with Crippen LogP contribution in [-0.4, -0.2) is 67.7 Å². The molecule has 0 aromatic rings. The van der Waals surface area contributed by atoms with E-state index in [1.165, 1.54) is 6.42 Å². The van der Waals surface area contributed by atoms with E-state index in [2.05, 4.69) is 30.6 Å². The van der Waals surface area contributed by atoms with Crippen LogP contribution in [0.5, 0.6) is 0 Å². The summed E-state index contributed by atoms with van der Waals surface area (Å²) in [5.41, 5.74) is 0. The second-order valence-corrected chi connectivity index (χ2v) is 6.08. The fraction of sp³-hybridized carbons (Fsp3) is 1.00. The Balaban J connectivity index is 0.000000677. The average molecular weight is 306 g/mol. The summed E-state index contributed by atoms with van der Waals surface area (Å²) in [7, 11) is 0. The predicted molar refractivity (Wildman–Crippen MR) is 83.1 cm³/mol. The Morgan fingerprint density at radius 1 is 1.05 bits per heavy atom. The van der Waals surface area contributed by atoms with Crippen molar-refractivity contribution in [2.75, 3.05) is 45.9 Å². The maximum absolute atomic E-state index is 13.0. The number of likely N-dealkylation sites (N-methyl/N-ethyl adjacent to an activating group) is 1. The van der Waals surface area contributed by atoms with Crippen molar-refractivity contribution in [3.8, 4) is 0 Å². The molecule has 0 saturated carbocycles. The first-order valence-corrected chi connectivity index (χ1v) is 8.44. The van der Waals surface area contributed by atoms with Crippen molar-refractivity contribution in [2.45, 2.75) is 58.5 Å². The Bertz CT molecular complexity index is 267. The van der Waals surface area contributed by atoms with E-state index in [4.69, 9.17) is 4.74 Å². The predicted octanol–water partition coefficient (Wildman–Crippen LogP) is 3.24. The number of likely N-dealkylation sites (tertiary alicyclic amines) is 2. The molecule has 0 spiro atoms. The molecule has 1 atom stereocenters. The van der Waals surface area contributed by atoms with Gasteiger partial charge in [0.1, 0.15) is 0 Å². The van der Waals surface area contributed by atoms with Gasteiger partial charge in [-0.05, 0) is 13.0 Å². The standard InChI is InChI=1S/C13H24F2N2O.C3H8/c1-2-16-6-3-12(11-16)18-10-9-17-7-4-13(14,15)5-8-17;1-3-2/h12H,2-11H2,1H3;3H2,1-2H3. The van der Waals surface area contributed by atoms with Gasteiger partial charge in [0.05, 0.1) is 12.7 Å². The van der Waals surface area contributed by atoms with Crippen LogP contribution in [-0.2, 0) is 4.74 Å². The van der Waals surface area contributed by atoms with Crippen LogP contribution in [0.15, 0.2) is 0 Å². The van der Waals surface area contributed by atoms with Crippen LogP contribution in [0.2, 0.25) is 0 Å². The highest BCUT2D eigenvalue weighted by molar-refractivity contribution is 4.78. The lowest BCUT2D eigenvalue weighted by molar-refractivity contribution is -0.0608. The summed E-state index contributed by atoms with van der Waals surface area (Å²) in [6.45, 7) is 12.1. The van der Waals surface area contributed by atoms with E-state index < -0.39 is 5.92 Å². The molecule has 0 bridgehead atoms. The molecule has 1 unspecified atom stereocenters. The summed E-state index contributed by atoms with van der Waals surface area (Å²) in [6, 6.07) is 0. The molecule has 0 aromatic carbocycles. The maximum Gasteiger partial charge on any atom is 0.250 e. The third kappa shape index (κ3) is 7.52. The Kier molecular flexibility index (Phi) is 8.67. The number of hydrogen-bond acceptors (Lipinski definition) is 3. The van der Waals surface area contributed by atoms with Gasteiger partial charge in [-0.2, -0.15) is 0 Å². The van der Waals surface area contributed by atoms with Crippen molar-refractivity contribution in [1.82, 2.24) is 9.80 Å². The summed E-state index contributed by atoms with van der Waals surface area (Å²) < 4.78 is 31.7. The number of piperidine rings is 1. The second kappa shape index (κ2) is 9.70. The Morgan fingerprint density at radius 3 is 2.19 bits per heavy atom. The Hall–Kier alpha value is -0.260. The molecule has 126 valence electrons. The summed E-state index contributed by atoms with van der Waals surface area (Å²) in [5, 5.41) is 0. The highest BCUT2D eigenvalue weighted by atomic mass is 19.3. The van der Waals surface area contributed by atoms with Gasteiger partial charge in [0.25, 0.3) is 5.92 Å². The number of ether oxygens (including phenoxy) is 1. The minimum atomic E-state index is -2.44. The molecular formula is C16H32F2N2O. The lowest BCUT2D eigenvalue weighted by Gasteiger charge is -2.31. The van der Waals surface area contributed by atoms with E-state index in [0.29, 0.717) is 25.8 Å². The van der Waals surface area contributed by atoms with Gasteiger partial charge >= 0.3 is 0 Å². The van der Waals surface area contributed by atoms with Gasteiger partial charge < -0.3 is 14.5 Å². The molecule has 0 aliphatic carbocycles. The van der Waals surface area contributed by atoms with Crippen LogP contribution < -0.4 is 0 Å². The fourth-order valence-electron chi connectivity index (χ4n) is 2.67. The van der Waals surface area contributed by atoms with Crippen molar-refractivity contribution >= 4 is 0 Å². The number of hydrogen-bond donors (Lipinski definition) is 0. The first-order valence-electron chi connectivity index (χ1n) is 8.44. The highest BCUT2D eigenvalue weighted by Crippen LogP contribution is 2.27. The van der Waals surface area contributed by atoms with Crippen molar-refractivity contribution < 1.29 is 13.5 Å². The summed E-state index contributed by atoms with van der Waals surface area (Å²) in [4.78, 5) is 4.47. The van der Waals surface area contributed by atoms with Crippen LogP contribution in [0, 0.1) is 0 Å². The fourth-order valence-corrected chi connectivity index (χ4v) is 2.67. The zero-order valence-corrected chi connectivity index (χ0v) is 13.9. The largest absolute Gasteiger partial charge is 0.376 e. The average Bonchev–Trinajstić information content (AvgIpc) is 2.90. The molecule has 0 amide bonds. The van der Waals surface area contributed by atoms with Gasteiger partial charge in [-0.15, -0.1) is 0 Å². The summed E-state index contributed by atoms with van der Waals surface area (Å²) in [6.07, 6.45) is 2.70. The molecule has 0 radical (unpaired) electrons. The Labute approximate surface area is 128 Å². The van der Waals surface area contributed by atoms with Crippen molar-refractivity contribution in [3.05, 3.63) is 0 Å². The molecule has 2 aliphatic heterocycles. The quantitative estimate of drug-likeness (QED) is 0.775. The number of alkyl halides is 2. The third-order valence-corrected chi connectivity index (χ3v) is 4.02. The zero-order valence-electron chi connectivity index (χ0n) is 13.9. The topological polar surface area (TPSA) is 15.7 Å². The van der Waals surface area contributed by atoms with Gasteiger partial charge in [-0.25, -0.2) is 8.78 Å². The van der Waals surface area contributed by atoms with E-state index in [1.54, 1.807) is 0 Å². The number of halogens is 2. The first kappa shape index (κ1) is 18.8. The molecular weight excluding hydrogens is 274 g/mol. The van der Waals surface area contributed by atoms with Gasteiger partial charge in [0.2, 0.25) is 0 Å². The lowest BCUT2D eigenvalue weighted by atomic mass is 10.1. The van der Waals surface area contributed by atoms with E-state index in [1.807, 2.05) is 0 Å². The molecule has 2 rings (SSSR count). The van der Waals surface area contributed by atoms with Crippen molar-refractivity contribution in [2.24, 2.45) is 0 Å². The molecule has 3 nitrogen and oxygen atoms in total. The molecule has 2 heterocycles. The van der Waals surface area contributed by atoms with Crippen LogP contribution >= 0.6 is 0 Å². The van der Waals surface area contributed by atoms with Crippen LogP contribution in [0.25, 0.3) is 0 Å². The highest BCUT2D eigenvalue weighted by Gasteiger charge is 2.33. The lowest BCUT2D eigenvalue weighted by Crippen LogP contribution is -2.41. The molecule has 21 heavy (non-hydrogen) atoms. The Morgan fingerprint density at radius 2 is 1.67 bits per heavy atom. The van der Waals surface area contributed by atoms with E-state index >= 15 is 0 Å². The SMILES string of the molecule is CCC.CCN1CCC(OCCN2CCC(F)(F)CC2)C1. The normalized spacial score (nSPS) is 26.4. The molecule has 2 aliphatic rings. The molecule has 5 heteroatoms. The zero-order chi connectivity index (χ0) is 15.7.